The van der Waals surface area contributed by atoms with E-state index in [1.807, 2.05) is 5.32 Å². The molecule has 7 nitrogen and oxygen atoms in total. The average molecular weight is 281 g/mol. The fourth-order valence-corrected chi connectivity index (χ4v) is 2.19. The Morgan fingerprint density at radius 2 is 2.15 bits per heavy atom. The van der Waals surface area contributed by atoms with E-state index in [4.69, 9.17) is 9.15 Å². The van der Waals surface area contributed by atoms with E-state index in [-0.39, 0.29) is 6.61 Å². The zero-order valence-corrected chi connectivity index (χ0v) is 11.2. The van der Waals surface area contributed by atoms with Crippen LogP contribution in [0.1, 0.15) is 23.9 Å². The van der Waals surface area contributed by atoms with Gasteiger partial charge in [0.2, 0.25) is 5.91 Å². The van der Waals surface area contributed by atoms with Gasteiger partial charge >= 0.3 is 12.1 Å². The van der Waals surface area contributed by atoms with Gasteiger partial charge in [-0.25, -0.2) is 4.79 Å². The molecule has 1 saturated heterocycles. The Kier molecular flexibility index (Phi) is 4.07. The first-order valence-electron chi connectivity index (χ1n) is 6.14. The Hall–Kier alpha value is -2.31. The second-order valence-corrected chi connectivity index (χ2v) is 4.47. The standard InChI is InChI=1S/C13H15NO6/c1-7-3-4-9(20-7)8-5-6-19-12(16)10(8)11(15)14-13(17)18-2/h3-4,8,10H,5-6H2,1-2H3,(H,14,15,17)/t8-,10+/m1/s1. The molecule has 2 atom stereocenters. The van der Waals surface area contributed by atoms with Gasteiger partial charge in [0.05, 0.1) is 13.7 Å². The third kappa shape index (κ3) is 2.81. The lowest BCUT2D eigenvalue weighted by molar-refractivity contribution is -0.158. The van der Waals surface area contributed by atoms with Crippen LogP contribution in [0.4, 0.5) is 4.79 Å². The minimum Gasteiger partial charge on any atom is -0.466 e. The predicted octanol–water partition coefficient (Wildman–Crippen LogP) is 1.12. The number of carbonyl (C=O) groups is 3. The molecule has 2 amide bonds. The zero-order chi connectivity index (χ0) is 14.7. The maximum Gasteiger partial charge on any atom is 0.413 e. The van der Waals surface area contributed by atoms with Crippen molar-refractivity contribution >= 4 is 18.0 Å². The van der Waals surface area contributed by atoms with Gasteiger partial charge in [-0.05, 0) is 25.5 Å². The highest BCUT2D eigenvalue weighted by Gasteiger charge is 2.42. The lowest BCUT2D eigenvalue weighted by atomic mass is 9.85. The fraction of sp³-hybridized carbons (Fsp3) is 0.462. The van der Waals surface area contributed by atoms with Crippen molar-refractivity contribution in [2.24, 2.45) is 5.92 Å². The molecule has 0 aliphatic carbocycles. The average Bonchev–Trinajstić information content (AvgIpc) is 2.84. The highest BCUT2D eigenvalue weighted by atomic mass is 16.5. The van der Waals surface area contributed by atoms with Crippen molar-refractivity contribution < 1.29 is 28.3 Å². The topological polar surface area (TPSA) is 94.8 Å². The van der Waals surface area contributed by atoms with E-state index in [0.717, 1.165) is 7.11 Å². The highest BCUT2D eigenvalue weighted by Crippen LogP contribution is 2.34. The van der Waals surface area contributed by atoms with Crippen molar-refractivity contribution in [2.75, 3.05) is 13.7 Å². The molecule has 108 valence electrons. The van der Waals surface area contributed by atoms with Gasteiger partial charge in [0.15, 0.2) is 0 Å². The minimum atomic E-state index is -1.12. The number of carbonyl (C=O) groups excluding carboxylic acids is 3. The number of aryl methyl sites for hydroxylation is 1. The van der Waals surface area contributed by atoms with Crippen molar-refractivity contribution in [1.82, 2.24) is 5.32 Å². The maximum absolute atomic E-state index is 12.0. The lowest BCUT2D eigenvalue weighted by Gasteiger charge is -2.27. The van der Waals surface area contributed by atoms with Crippen molar-refractivity contribution in [3.05, 3.63) is 23.7 Å². The Labute approximate surface area is 115 Å². The summed E-state index contributed by atoms with van der Waals surface area (Å²) < 4.78 is 14.7. The number of esters is 1. The number of imide groups is 1. The van der Waals surface area contributed by atoms with Crippen LogP contribution in [0.15, 0.2) is 16.5 Å². The molecule has 1 aliphatic heterocycles. The number of amides is 2. The number of ether oxygens (including phenoxy) is 2. The predicted molar refractivity (Wildman–Crippen MR) is 65.8 cm³/mol. The molecule has 0 unspecified atom stereocenters. The first kappa shape index (κ1) is 14.1. The van der Waals surface area contributed by atoms with Crippen LogP contribution in [0.25, 0.3) is 0 Å². The quantitative estimate of drug-likeness (QED) is 0.644. The van der Waals surface area contributed by atoms with Gasteiger partial charge in [0, 0.05) is 5.92 Å². The number of methoxy groups -OCH3 is 1. The van der Waals surface area contributed by atoms with Gasteiger partial charge in [0.1, 0.15) is 17.4 Å². The number of furan rings is 1. The summed E-state index contributed by atoms with van der Waals surface area (Å²) in [5.74, 6) is -1.77. The smallest absolute Gasteiger partial charge is 0.413 e. The summed E-state index contributed by atoms with van der Waals surface area (Å²) in [6.07, 6.45) is -0.458. The molecule has 0 bridgehead atoms. The van der Waals surface area contributed by atoms with E-state index in [0.29, 0.717) is 17.9 Å². The second kappa shape index (κ2) is 5.77. The highest BCUT2D eigenvalue weighted by molar-refractivity contribution is 6.04. The van der Waals surface area contributed by atoms with Gasteiger partial charge in [-0.15, -0.1) is 0 Å². The van der Waals surface area contributed by atoms with Crippen LogP contribution in [-0.2, 0) is 19.1 Å². The maximum atomic E-state index is 12.0. The molecule has 0 spiro atoms. The summed E-state index contributed by atoms with van der Waals surface area (Å²) in [6, 6.07) is 3.47. The second-order valence-electron chi connectivity index (χ2n) is 4.47. The zero-order valence-electron chi connectivity index (χ0n) is 11.2. The Bertz CT molecular complexity index is 535. The third-order valence-electron chi connectivity index (χ3n) is 3.15. The van der Waals surface area contributed by atoms with E-state index < -0.39 is 29.8 Å². The van der Waals surface area contributed by atoms with Gasteiger partial charge in [-0.1, -0.05) is 0 Å². The van der Waals surface area contributed by atoms with E-state index in [2.05, 4.69) is 4.74 Å². The molecule has 1 aromatic heterocycles. The number of rotatable bonds is 2. The largest absolute Gasteiger partial charge is 0.466 e. The molecule has 0 saturated carbocycles. The van der Waals surface area contributed by atoms with E-state index in [1.165, 1.54) is 0 Å². The summed E-state index contributed by atoms with van der Waals surface area (Å²) in [5, 5.41) is 1.99. The monoisotopic (exact) mass is 281 g/mol. The van der Waals surface area contributed by atoms with Gasteiger partial charge in [-0.2, -0.15) is 0 Å². The summed E-state index contributed by atoms with van der Waals surface area (Å²) in [6.45, 7) is 1.99. The van der Waals surface area contributed by atoms with Crippen molar-refractivity contribution in [3.63, 3.8) is 0 Å². The van der Waals surface area contributed by atoms with Crippen LogP contribution < -0.4 is 5.32 Å². The van der Waals surface area contributed by atoms with Crippen molar-refractivity contribution in [3.8, 4) is 0 Å². The molecule has 1 aromatic rings. The van der Waals surface area contributed by atoms with Crippen molar-refractivity contribution in [1.29, 1.82) is 0 Å². The molecule has 1 N–H and O–H groups in total. The van der Waals surface area contributed by atoms with Crippen LogP contribution in [0.5, 0.6) is 0 Å². The van der Waals surface area contributed by atoms with Crippen LogP contribution in [0.3, 0.4) is 0 Å². The summed E-state index contributed by atoms with van der Waals surface area (Å²) in [5.41, 5.74) is 0. The number of hydrogen-bond acceptors (Lipinski definition) is 6. The molecule has 7 heteroatoms. The third-order valence-corrected chi connectivity index (χ3v) is 3.15. The first-order chi connectivity index (χ1) is 9.52. The number of cyclic esters (lactones) is 1. The fourth-order valence-electron chi connectivity index (χ4n) is 2.19. The van der Waals surface area contributed by atoms with Crippen LogP contribution in [0, 0.1) is 12.8 Å². The molecular formula is C13H15NO6. The molecule has 2 rings (SSSR count). The minimum absolute atomic E-state index is 0.214. The molecule has 1 aliphatic rings. The normalized spacial score (nSPS) is 22.0. The van der Waals surface area contributed by atoms with Crippen LogP contribution in [-0.4, -0.2) is 31.7 Å². The van der Waals surface area contributed by atoms with Crippen LogP contribution in [0.2, 0.25) is 0 Å². The Morgan fingerprint density at radius 3 is 2.75 bits per heavy atom. The number of nitrogens with one attached hydrogen (secondary N) is 1. The molecule has 2 heterocycles. The Balaban J connectivity index is 2.22. The van der Waals surface area contributed by atoms with E-state index in [9.17, 15) is 14.4 Å². The molecule has 20 heavy (non-hydrogen) atoms. The van der Waals surface area contributed by atoms with E-state index >= 15 is 0 Å². The van der Waals surface area contributed by atoms with Crippen molar-refractivity contribution in [2.45, 2.75) is 19.3 Å². The van der Waals surface area contributed by atoms with Gasteiger partial charge in [0.25, 0.3) is 0 Å². The molecular weight excluding hydrogens is 266 g/mol. The van der Waals surface area contributed by atoms with Gasteiger partial charge < -0.3 is 13.9 Å². The first-order valence-corrected chi connectivity index (χ1v) is 6.14. The van der Waals surface area contributed by atoms with Gasteiger partial charge in [-0.3, -0.25) is 14.9 Å². The molecule has 0 radical (unpaired) electrons. The van der Waals surface area contributed by atoms with E-state index in [1.54, 1.807) is 19.1 Å². The number of alkyl carbamates (subject to hydrolysis) is 1. The summed E-state index contributed by atoms with van der Waals surface area (Å²) in [7, 11) is 1.13. The summed E-state index contributed by atoms with van der Waals surface area (Å²) in [4.78, 5) is 34.9. The van der Waals surface area contributed by atoms with Crippen LogP contribution >= 0.6 is 0 Å². The summed E-state index contributed by atoms with van der Waals surface area (Å²) >= 11 is 0. The lowest BCUT2D eigenvalue weighted by Crippen LogP contribution is -2.44. The Morgan fingerprint density at radius 1 is 1.40 bits per heavy atom. The SMILES string of the molecule is COC(=O)NC(=O)[C@H]1C(=O)OCC[C@@H]1c1ccc(C)o1. The number of hydrogen-bond donors (Lipinski definition) is 1. The molecule has 1 fully saturated rings. The molecule has 0 aromatic carbocycles.